The molecule has 0 saturated heterocycles. The van der Waals surface area contributed by atoms with Gasteiger partial charge in [-0.1, -0.05) is 37.5 Å². The van der Waals surface area contributed by atoms with E-state index in [0.29, 0.717) is 17.8 Å². The summed E-state index contributed by atoms with van der Waals surface area (Å²) in [5.74, 6) is -0.149. The van der Waals surface area contributed by atoms with Crippen LogP contribution in [0.2, 0.25) is 0 Å². The van der Waals surface area contributed by atoms with E-state index in [9.17, 15) is 13.2 Å². The predicted molar refractivity (Wildman–Crippen MR) is 100 cm³/mol. The first kappa shape index (κ1) is 19.0. The Labute approximate surface area is 149 Å². The van der Waals surface area contributed by atoms with Crippen LogP contribution in [0.25, 0.3) is 0 Å². The molecule has 0 fully saturated rings. The van der Waals surface area contributed by atoms with E-state index < -0.39 is 10.0 Å². The Kier molecular flexibility index (Phi) is 6.58. The number of benzene rings is 2. The Morgan fingerprint density at radius 1 is 0.960 bits per heavy atom. The van der Waals surface area contributed by atoms with Gasteiger partial charge in [0.25, 0.3) is 15.9 Å². The van der Waals surface area contributed by atoms with Gasteiger partial charge in [-0.3, -0.25) is 9.52 Å². The quantitative estimate of drug-likeness (QED) is 0.705. The zero-order valence-electron chi connectivity index (χ0n) is 14.6. The SMILES string of the molecule is CCCCCNC(=O)c1ccc(NS(=O)(=O)c2ccc(C)cc2)cc1. The first-order chi connectivity index (χ1) is 11.9. The summed E-state index contributed by atoms with van der Waals surface area (Å²) in [6, 6.07) is 13.0. The zero-order chi connectivity index (χ0) is 18.3. The van der Waals surface area contributed by atoms with Crippen molar-refractivity contribution in [1.82, 2.24) is 5.32 Å². The van der Waals surface area contributed by atoms with Gasteiger partial charge in [0.15, 0.2) is 0 Å². The molecule has 1 amide bonds. The number of nitrogens with one attached hydrogen (secondary N) is 2. The summed E-state index contributed by atoms with van der Waals surface area (Å²) in [5, 5.41) is 2.86. The molecule has 2 N–H and O–H groups in total. The minimum absolute atomic E-state index is 0.149. The molecule has 0 saturated carbocycles. The van der Waals surface area contributed by atoms with Crippen LogP contribution < -0.4 is 10.0 Å². The molecule has 6 heteroatoms. The minimum atomic E-state index is -3.63. The Morgan fingerprint density at radius 2 is 1.60 bits per heavy atom. The van der Waals surface area contributed by atoms with Crippen molar-refractivity contribution in [3.63, 3.8) is 0 Å². The van der Waals surface area contributed by atoms with Crippen LogP contribution in [0.1, 0.15) is 42.1 Å². The lowest BCUT2D eigenvalue weighted by molar-refractivity contribution is 0.0953. The fourth-order valence-corrected chi connectivity index (χ4v) is 3.36. The summed E-state index contributed by atoms with van der Waals surface area (Å²) in [4.78, 5) is 12.2. The van der Waals surface area contributed by atoms with Crippen molar-refractivity contribution in [2.75, 3.05) is 11.3 Å². The number of carbonyl (C=O) groups is 1. The number of sulfonamides is 1. The number of aryl methyl sites for hydroxylation is 1. The smallest absolute Gasteiger partial charge is 0.261 e. The van der Waals surface area contributed by atoms with E-state index in [4.69, 9.17) is 0 Å². The van der Waals surface area contributed by atoms with E-state index in [2.05, 4.69) is 17.0 Å². The maximum absolute atomic E-state index is 12.3. The molecule has 2 rings (SSSR count). The van der Waals surface area contributed by atoms with Crippen molar-refractivity contribution in [2.24, 2.45) is 0 Å². The first-order valence-corrected chi connectivity index (χ1v) is 9.88. The average Bonchev–Trinajstić information content (AvgIpc) is 2.59. The van der Waals surface area contributed by atoms with Crippen LogP contribution in [0.4, 0.5) is 5.69 Å². The van der Waals surface area contributed by atoms with Gasteiger partial charge in [0.05, 0.1) is 4.90 Å². The molecule has 25 heavy (non-hydrogen) atoms. The highest BCUT2D eigenvalue weighted by Crippen LogP contribution is 2.17. The maximum atomic E-state index is 12.3. The third-order valence-corrected chi connectivity index (χ3v) is 5.19. The van der Waals surface area contributed by atoms with Gasteiger partial charge >= 0.3 is 0 Å². The molecule has 0 atom stereocenters. The van der Waals surface area contributed by atoms with E-state index in [1.165, 1.54) is 0 Å². The number of hydrogen-bond acceptors (Lipinski definition) is 3. The van der Waals surface area contributed by atoms with Gasteiger partial charge in [0.2, 0.25) is 0 Å². The maximum Gasteiger partial charge on any atom is 0.261 e. The van der Waals surface area contributed by atoms with Crippen LogP contribution in [0, 0.1) is 6.92 Å². The lowest BCUT2D eigenvalue weighted by Gasteiger charge is -2.09. The van der Waals surface area contributed by atoms with E-state index in [1.807, 2.05) is 6.92 Å². The summed E-state index contributed by atoms with van der Waals surface area (Å²) in [6.07, 6.45) is 3.14. The van der Waals surface area contributed by atoms with E-state index in [0.717, 1.165) is 24.8 Å². The number of hydrogen-bond donors (Lipinski definition) is 2. The largest absolute Gasteiger partial charge is 0.352 e. The van der Waals surface area contributed by atoms with Gasteiger partial charge in [0, 0.05) is 17.8 Å². The van der Waals surface area contributed by atoms with Gasteiger partial charge in [0.1, 0.15) is 0 Å². The van der Waals surface area contributed by atoms with E-state index in [-0.39, 0.29) is 10.8 Å². The molecular formula is C19H24N2O3S. The molecule has 0 aliphatic carbocycles. The van der Waals surface area contributed by atoms with E-state index >= 15 is 0 Å². The third-order valence-electron chi connectivity index (χ3n) is 3.80. The Balaban J connectivity index is 2.00. The molecule has 0 bridgehead atoms. The molecule has 5 nitrogen and oxygen atoms in total. The molecule has 134 valence electrons. The van der Waals surface area contributed by atoms with Crippen molar-refractivity contribution in [2.45, 2.75) is 38.0 Å². The monoisotopic (exact) mass is 360 g/mol. The third kappa shape index (κ3) is 5.60. The molecule has 0 spiro atoms. The fraction of sp³-hybridized carbons (Fsp3) is 0.316. The molecule has 0 aromatic heterocycles. The van der Waals surface area contributed by atoms with Gasteiger partial charge in [-0.2, -0.15) is 0 Å². The predicted octanol–water partition coefficient (Wildman–Crippen LogP) is 3.72. The minimum Gasteiger partial charge on any atom is -0.352 e. The number of unbranched alkanes of at least 4 members (excludes halogenated alkanes) is 2. The van der Waals surface area contributed by atoms with Gasteiger partial charge < -0.3 is 5.32 Å². The lowest BCUT2D eigenvalue weighted by Crippen LogP contribution is -2.24. The Bertz CT molecular complexity index is 798. The molecule has 0 heterocycles. The molecular weight excluding hydrogens is 336 g/mol. The number of carbonyl (C=O) groups excluding carboxylic acids is 1. The van der Waals surface area contributed by atoms with Crippen LogP contribution in [-0.2, 0) is 10.0 Å². The summed E-state index contributed by atoms with van der Waals surface area (Å²) < 4.78 is 27.2. The van der Waals surface area contributed by atoms with Gasteiger partial charge in [-0.15, -0.1) is 0 Å². The average molecular weight is 360 g/mol. The highest BCUT2D eigenvalue weighted by molar-refractivity contribution is 7.92. The topological polar surface area (TPSA) is 75.3 Å². The van der Waals surface area contributed by atoms with Crippen molar-refractivity contribution in [1.29, 1.82) is 0 Å². The zero-order valence-corrected chi connectivity index (χ0v) is 15.4. The normalized spacial score (nSPS) is 11.1. The standard InChI is InChI=1S/C19H24N2O3S/c1-3-4-5-14-20-19(22)16-8-10-17(11-9-16)21-25(23,24)18-12-6-15(2)7-13-18/h6-13,21H,3-5,14H2,1-2H3,(H,20,22). The number of anilines is 1. The summed E-state index contributed by atoms with van der Waals surface area (Å²) in [5.41, 5.74) is 1.92. The Morgan fingerprint density at radius 3 is 2.20 bits per heavy atom. The second-order valence-corrected chi connectivity index (χ2v) is 7.64. The van der Waals surface area contributed by atoms with Crippen LogP contribution >= 0.6 is 0 Å². The van der Waals surface area contributed by atoms with Crippen molar-refractivity contribution >= 4 is 21.6 Å². The van der Waals surface area contributed by atoms with Crippen LogP contribution in [0.5, 0.6) is 0 Å². The fourth-order valence-electron chi connectivity index (χ4n) is 2.30. The van der Waals surface area contributed by atoms with Crippen molar-refractivity contribution in [3.05, 3.63) is 59.7 Å². The van der Waals surface area contributed by atoms with Crippen LogP contribution in [0.15, 0.2) is 53.4 Å². The molecule has 0 aliphatic heterocycles. The molecule has 0 unspecified atom stereocenters. The van der Waals surface area contributed by atoms with Crippen LogP contribution in [0.3, 0.4) is 0 Å². The second-order valence-electron chi connectivity index (χ2n) is 5.96. The van der Waals surface area contributed by atoms with Crippen molar-refractivity contribution in [3.8, 4) is 0 Å². The lowest BCUT2D eigenvalue weighted by atomic mass is 10.2. The number of amides is 1. The molecule has 0 radical (unpaired) electrons. The first-order valence-electron chi connectivity index (χ1n) is 8.40. The van der Waals surface area contributed by atoms with Gasteiger partial charge in [-0.05, 0) is 49.7 Å². The van der Waals surface area contributed by atoms with Crippen LogP contribution in [-0.4, -0.2) is 20.9 Å². The molecule has 2 aromatic rings. The summed E-state index contributed by atoms with van der Waals surface area (Å²) in [7, 11) is -3.63. The van der Waals surface area contributed by atoms with E-state index in [1.54, 1.807) is 48.5 Å². The summed E-state index contributed by atoms with van der Waals surface area (Å²) in [6.45, 7) is 4.66. The highest BCUT2D eigenvalue weighted by atomic mass is 32.2. The Hall–Kier alpha value is -2.34. The molecule has 2 aromatic carbocycles. The number of rotatable bonds is 8. The molecule has 0 aliphatic rings. The highest BCUT2D eigenvalue weighted by Gasteiger charge is 2.14. The second kappa shape index (κ2) is 8.67. The summed E-state index contributed by atoms with van der Waals surface area (Å²) >= 11 is 0. The van der Waals surface area contributed by atoms with Crippen molar-refractivity contribution < 1.29 is 13.2 Å². The van der Waals surface area contributed by atoms with Gasteiger partial charge in [-0.25, -0.2) is 8.42 Å².